The molecule has 2 heteroatoms. The fraction of sp³-hybridized carbons (Fsp3) is 1.00. The van der Waals surface area contributed by atoms with Gasteiger partial charge in [-0.25, -0.2) is 0 Å². The average Bonchev–Trinajstić information content (AvgIpc) is 2.91. The lowest BCUT2D eigenvalue weighted by molar-refractivity contribution is -0.250. The third kappa shape index (κ3) is 2.90. The van der Waals surface area contributed by atoms with Crippen LogP contribution in [0.4, 0.5) is 0 Å². The Balaban J connectivity index is 1.51. The quantitative estimate of drug-likeness (QED) is 0.448. The molecule has 2 nitrogen and oxygen atoms in total. The van der Waals surface area contributed by atoms with Gasteiger partial charge >= 0.3 is 0 Å². The summed E-state index contributed by atoms with van der Waals surface area (Å²) in [5, 5.41) is 21.6. The summed E-state index contributed by atoms with van der Waals surface area (Å²) in [7, 11) is 0. The molecule has 5 aliphatic rings. The van der Waals surface area contributed by atoms with Gasteiger partial charge in [0.25, 0.3) is 0 Å². The summed E-state index contributed by atoms with van der Waals surface area (Å²) in [5.74, 6) is 3.78. The van der Waals surface area contributed by atoms with Gasteiger partial charge in [-0.3, -0.25) is 0 Å². The summed E-state index contributed by atoms with van der Waals surface area (Å²) in [6.45, 7) is 15.6. The van der Waals surface area contributed by atoms with Crippen LogP contribution in [-0.4, -0.2) is 22.9 Å². The first-order valence-corrected chi connectivity index (χ1v) is 14.2. The van der Waals surface area contributed by atoms with Crippen LogP contribution in [0.2, 0.25) is 0 Å². The number of hydrogen-bond donors (Lipinski definition) is 2. The van der Waals surface area contributed by atoms with E-state index in [0.29, 0.717) is 28.8 Å². The Kier molecular flexibility index (Phi) is 5.51. The van der Waals surface area contributed by atoms with Crippen LogP contribution in [-0.2, 0) is 0 Å². The Hall–Kier alpha value is -0.0800. The Morgan fingerprint density at radius 3 is 2.09 bits per heavy atom. The van der Waals surface area contributed by atoms with Crippen LogP contribution >= 0.6 is 0 Å². The number of aliphatic hydroxyl groups is 2. The van der Waals surface area contributed by atoms with Crippen molar-refractivity contribution in [1.82, 2.24) is 0 Å². The first-order valence-electron chi connectivity index (χ1n) is 14.2. The maximum absolute atomic E-state index is 10.9. The van der Waals surface area contributed by atoms with Crippen molar-refractivity contribution >= 4 is 0 Å². The highest BCUT2D eigenvalue weighted by Gasteiger charge is 2.69. The predicted molar refractivity (Wildman–Crippen MR) is 132 cm³/mol. The zero-order valence-electron chi connectivity index (χ0n) is 22.1. The molecule has 5 rings (SSSR count). The van der Waals surface area contributed by atoms with Gasteiger partial charge in [-0.1, -0.05) is 54.4 Å². The number of rotatable bonds is 1. The second-order valence-electron chi connectivity index (χ2n) is 14.9. The zero-order chi connectivity index (χ0) is 23.2. The summed E-state index contributed by atoms with van der Waals surface area (Å²) >= 11 is 0. The maximum Gasteiger partial charge on any atom is 0.0594 e. The lowest BCUT2D eigenvalue weighted by Crippen LogP contribution is -2.66. The molecule has 32 heavy (non-hydrogen) atoms. The minimum absolute atomic E-state index is 0.0438. The van der Waals surface area contributed by atoms with Crippen molar-refractivity contribution in [3.63, 3.8) is 0 Å². The molecular formula is C30H52O2. The highest BCUT2D eigenvalue weighted by molar-refractivity contribution is 5.18. The van der Waals surface area contributed by atoms with Gasteiger partial charge in [-0.05, 0) is 121 Å². The molecule has 0 bridgehead atoms. The largest absolute Gasteiger partial charge is 0.396 e. The van der Waals surface area contributed by atoms with Crippen molar-refractivity contribution in [3.8, 4) is 0 Å². The fourth-order valence-electron chi connectivity index (χ4n) is 11.4. The smallest absolute Gasteiger partial charge is 0.0594 e. The van der Waals surface area contributed by atoms with E-state index in [9.17, 15) is 10.2 Å². The summed E-state index contributed by atoms with van der Waals surface area (Å²) in [4.78, 5) is 0. The lowest BCUT2D eigenvalue weighted by atomic mass is 9.32. The van der Waals surface area contributed by atoms with Gasteiger partial charge in [0, 0.05) is 6.61 Å². The molecule has 10 atom stereocenters. The molecule has 0 heterocycles. The fourth-order valence-corrected chi connectivity index (χ4v) is 11.4. The predicted octanol–water partition coefficient (Wildman–Crippen LogP) is 7.22. The van der Waals surface area contributed by atoms with Gasteiger partial charge < -0.3 is 10.2 Å². The van der Waals surface area contributed by atoms with Gasteiger partial charge in [0.05, 0.1) is 6.10 Å². The van der Waals surface area contributed by atoms with Crippen LogP contribution in [0, 0.1) is 56.7 Å². The van der Waals surface area contributed by atoms with E-state index in [1.54, 1.807) is 0 Å². The number of aliphatic hydroxyl groups excluding tert-OH is 2. The van der Waals surface area contributed by atoms with Crippen molar-refractivity contribution < 1.29 is 10.2 Å². The number of fused-ring (bicyclic) bond motifs is 7. The summed E-state index contributed by atoms with van der Waals surface area (Å²) in [5.41, 5.74) is 1.42. The third-order valence-corrected chi connectivity index (χ3v) is 13.8. The Morgan fingerprint density at radius 1 is 0.656 bits per heavy atom. The molecular weight excluding hydrogens is 392 g/mol. The monoisotopic (exact) mass is 444 g/mol. The summed E-state index contributed by atoms with van der Waals surface area (Å²) < 4.78 is 0. The molecule has 2 unspecified atom stereocenters. The van der Waals surface area contributed by atoms with Crippen LogP contribution in [0.1, 0.15) is 119 Å². The van der Waals surface area contributed by atoms with Crippen molar-refractivity contribution in [2.75, 3.05) is 6.61 Å². The van der Waals surface area contributed by atoms with Crippen LogP contribution < -0.4 is 0 Å². The van der Waals surface area contributed by atoms with Gasteiger partial charge in [0.2, 0.25) is 0 Å². The summed E-state index contributed by atoms with van der Waals surface area (Å²) in [6.07, 6.45) is 15.3. The van der Waals surface area contributed by atoms with Crippen molar-refractivity contribution in [2.45, 2.75) is 125 Å². The molecule has 0 spiro atoms. The van der Waals surface area contributed by atoms with Gasteiger partial charge in [-0.2, -0.15) is 0 Å². The van der Waals surface area contributed by atoms with E-state index in [0.717, 1.165) is 30.1 Å². The Labute approximate surface area is 198 Å². The third-order valence-electron chi connectivity index (χ3n) is 13.8. The van der Waals surface area contributed by atoms with Gasteiger partial charge in [0.15, 0.2) is 0 Å². The van der Waals surface area contributed by atoms with Crippen molar-refractivity contribution in [2.24, 2.45) is 56.7 Å². The molecule has 5 saturated carbocycles. The highest BCUT2D eigenvalue weighted by atomic mass is 16.3. The van der Waals surface area contributed by atoms with E-state index < -0.39 is 0 Å². The maximum atomic E-state index is 10.9. The van der Waals surface area contributed by atoms with Crippen LogP contribution in [0.15, 0.2) is 0 Å². The minimum atomic E-state index is -0.135. The molecule has 0 radical (unpaired) electrons. The zero-order valence-corrected chi connectivity index (χ0v) is 22.1. The molecule has 0 saturated heterocycles. The molecule has 5 fully saturated rings. The first-order chi connectivity index (χ1) is 14.9. The summed E-state index contributed by atoms with van der Waals surface area (Å²) in [6, 6.07) is 0. The second kappa shape index (κ2) is 7.46. The second-order valence-corrected chi connectivity index (χ2v) is 14.9. The molecule has 184 valence electrons. The van der Waals surface area contributed by atoms with E-state index in [1.165, 1.54) is 70.6 Å². The van der Waals surface area contributed by atoms with Gasteiger partial charge in [-0.15, -0.1) is 0 Å². The van der Waals surface area contributed by atoms with Crippen molar-refractivity contribution in [3.05, 3.63) is 0 Å². The van der Waals surface area contributed by atoms with Crippen LogP contribution in [0.3, 0.4) is 0 Å². The van der Waals surface area contributed by atoms with E-state index in [1.807, 2.05) is 0 Å². The molecule has 0 aromatic carbocycles. The normalized spacial score (nSPS) is 57.4. The van der Waals surface area contributed by atoms with Crippen LogP contribution in [0.5, 0.6) is 0 Å². The lowest BCUT2D eigenvalue weighted by Gasteiger charge is -2.73. The van der Waals surface area contributed by atoms with E-state index in [2.05, 4.69) is 41.5 Å². The van der Waals surface area contributed by atoms with E-state index in [4.69, 9.17) is 0 Å². The Bertz CT molecular complexity index is 730. The topological polar surface area (TPSA) is 40.5 Å². The highest BCUT2D eigenvalue weighted by Crippen LogP contribution is 2.76. The standard InChI is InChI=1S/C30H52O2/c1-20-7-8-22-21-9-10-24-27(4)14-13-25(32)26(2,3)23(27)12-15-29(24,6)28(21,5)17-18-30(22,19-31)16-11-20/h20-25,31-32H,7-19H2,1-6H3/t20?,21-,22?,23+,24-,25+,27+,28-,29-,30-/m1/s1. The molecule has 0 aliphatic heterocycles. The van der Waals surface area contributed by atoms with Gasteiger partial charge in [0.1, 0.15) is 0 Å². The first kappa shape index (κ1) is 23.7. The Morgan fingerprint density at radius 2 is 1.38 bits per heavy atom. The van der Waals surface area contributed by atoms with E-state index in [-0.39, 0.29) is 16.9 Å². The minimum Gasteiger partial charge on any atom is -0.396 e. The van der Waals surface area contributed by atoms with Crippen LogP contribution in [0.25, 0.3) is 0 Å². The van der Waals surface area contributed by atoms with E-state index >= 15 is 0 Å². The number of hydrogen-bond acceptors (Lipinski definition) is 2. The molecule has 0 amide bonds. The van der Waals surface area contributed by atoms with Crippen molar-refractivity contribution in [1.29, 1.82) is 0 Å². The average molecular weight is 445 g/mol. The molecule has 0 aromatic heterocycles. The molecule has 0 aromatic rings. The molecule has 2 N–H and O–H groups in total. The molecule has 5 aliphatic carbocycles. The SMILES string of the molecule is CC1CCC2[C@H]3CC[C@@H]4[C@@]5(C)CC[C@H](O)C(C)(C)[C@@H]5CC[C@@]4(C)[C@]3(C)CC[C@@]2(CO)CC1.